The van der Waals surface area contributed by atoms with E-state index in [9.17, 15) is 0 Å². The summed E-state index contributed by atoms with van der Waals surface area (Å²) in [7, 11) is 0. The molecule has 1 heterocycles. The molecule has 0 atom stereocenters. The van der Waals surface area contributed by atoms with Crippen molar-refractivity contribution in [1.29, 1.82) is 5.26 Å². The van der Waals surface area contributed by atoms with Gasteiger partial charge < -0.3 is 11.1 Å². The van der Waals surface area contributed by atoms with Crippen LogP contribution in [0.3, 0.4) is 0 Å². The van der Waals surface area contributed by atoms with Crippen LogP contribution in [0.4, 0.5) is 11.4 Å². The first-order valence-corrected chi connectivity index (χ1v) is 5.64. The van der Waals surface area contributed by atoms with E-state index in [4.69, 9.17) is 11.0 Å². The van der Waals surface area contributed by atoms with E-state index in [2.05, 4.69) is 16.4 Å². The zero-order valence-corrected chi connectivity index (χ0v) is 10.1. The van der Waals surface area contributed by atoms with E-state index >= 15 is 0 Å². The maximum absolute atomic E-state index is 8.91. The number of hydrogen-bond donors (Lipinski definition) is 2. The highest BCUT2D eigenvalue weighted by Gasteiger charge is 2.04. The smallest absolute Gasteiger partial charge is 0.101 e. The summed E-state index contributed by atoms with van der Waals surface area (Å²) in [5, 5.41) is 12.1. The highest BCUT2D eigenvalue weighted by molar-refractivity contribution is 5.72. The van der Waals surface area contributed by atoms with Gasteiger partial charge in [-0.25, -0.2) is 0 Å². The van der Waals surface area contributed by atoms with Gasteiger partial charge >= 0.3 is 0 Å². The number of pyridine rings is 1. The van der Waals surface area contributed by atoms with Crippen molar-refractivity contribution in [1.82, 2.24) is 4.98 Å². The molecule has 0 spiro atoms. The minimum Gasteiger partial charge on any atom is -0.396 e. The van der Waals surface area contributed by atoms with Gasteiger partial charge in [0.15, 0.2) is 0 Å². The maximum Gasteiger partial charge on any atom is 0.101 e. The molecule has 0 saturated heterocycles. The molecule has 90 valence electrons. The predicted octanol–water partition coefficient (Wildman–Crippen LogP) is 2.46. The van der Waals surface area contributed by atoms with Crippen LogP contribution in [0.2, 0.25) is 0 Å². The van der Waals surface area contributed by atoms with E-state index in [1.54, 1.807) is 12.3 Å². The Bertz CT molecular complexity index is 599. The van der Waals surface area contributed by atoms with Crippen molar-refractivity contribution in [3.63, 3.8) is 0 Å². The third-order valence-corrected chi connectivity index (χ3v) is 2.83. The molecule has 0 unspecified atom stereocenters. The number of para-hydroxylation sites is 1. The van der Waals surface area contributed by atoms with Crippen LogP contribution in [0.1, 0.15) is 16.7 Å². The van der Waals surface area contributed by atoms with Gasteiger partial charge in [-0.3, -0.25) is 4.98 Å². The van der Waals surface area contributed by atoms with Gasteiger partial charge in [-0.15, -0.1) is 0 Å². The van der Waals surface area contributed by atoms with Crippen LogP contribution >= 0.6 is 0 Å². The van der Waals surface area contributed by atoms with Crippen molar-refractivity contribution in [2.45, 2.75) is 13.5 Å². The molecule has 4 heteroatoms. The van der Waals surface area contributed by atoms with Crippen LogP contribution in [-0.2, 0) is 6.54 Å². The number of nitrogens with two attached hydrogens (primary N) is 1. The van der Waals surface area contributed by atoms with Crippen LogP contribution in [0.25, 0.3) is 0 Å². The molecule has 4 nitrogen and oxygen atoms in total. The minimum atomic E-state index is 0.492. The fourth-order valence-electron chi connectivity index (χ4n) is 1.71. The molecule has 0 amide bonds. The number of benzene rings is 1. The fourth-order valence-corrected chi connectivity index (χ4v) is 1.71. The lowest BCUT2D eigenvalue weighted by atomic mass is 10.1. The van der Waals surface area contributed by atoms with Gasteiger partial charge in [0.2, 0.25) is 0 Å². The van der Waals surface area contributed by atoms with Crippen LogP contribution in [0.5, 0.6) is 0 Å². The Morgan fingerprint density at radius 2 is 2.22 bits per heavy atom. The lowest BCUT2D eigenvalue weighted by Crippen LogP contribution is -2.05. The van der Waals surface area contributed by atoms with Gasteiger partial charge in [0.05, 0.1) is 16.9 Å². The second-order valence-corrected chi connectivity index (χ2v) is 4.03. The molecule has 0 aliphatic rings. The first-order valence-electron chi connectivity index (χ1n) is 5.64. The van der Waals surface area contributed by atoms with E-state index in [1.807, 2.05) is 31.3 Å². The SMILES string of the molecule is Cc1cnccc1CNc1cccc(C#N)c1N. The first-order chi connectivity index (χ1) is 8.72. The Labute approximate surface area is 106 Å². The molecular formula is C14H14N4. The predicted molar refractivity (Wildman–Crippen MR) is 71.9 cm³/mol. The van der Waals surface area contributed by atoms with E-state index < -0.39 is 0 Å². The Balaban J connectivity index is 2.17. The third kappa shape index (κ3) is 2.41. The second kappa shape index (κ2) is 5.19. The minimum absolute atomic E-state index is 0.492. The number of aromatic nitrogens is 1. The Morgan fingerprint density at radius 1 is 1.39 bits per heavy atom. The van der Waals surface area contributed by atoms with Crippen LogP contribution < -0.4 is 11.1 Å². The lowest BCUT2D eigenvalue weighted by molar-refractivity contribution is 1.09. The number of nitrogens with zero attached hydrogens (tertiary/aromatic N) is 2. The number of rotatable bonds is 3. The summed E-state index contributed by atoms with van der Waals surface area (Å²) >= 11 is 0. The van der Waals surface area contributed by atoms with Crippen LogP contribution in [0, 0.1) is 18.3 Å². The molecule has 0 bridgehead atoms. The molecule has 0 radical (unpaired) electrons. The summed E-state index contributed by atoms with van der Waals surface area (Å²) in [5.41, 5.74) is 9.95. The summed E-state index contributed by atoms with van der Waals surface area (Å²) in [5.74, 6) is 0. The molecular weight excluding hydrogens is 224 g/mol. The molecule has 0 fully saturated rings. The van der Waals surface area contributed by atoms with Gasteiger partial charge in [-0.05, 0) is 36.2 Å². The summed E-state index contributed by atoms with van der Waals surface area (Å²) in [6, 6.07) is 9.43. The molecule has 0 saturated carbocycles. The number of nitriles is 1. The lowest BCUT2D eigenvalue weighted by Gasteiger charge is -2.11. The molecule has 2 rings (SSSR count). The molecule has 1 aromatic heterocycles. The standard InChI is InChI=1S/C14H14N4/c1-10-8-17-6-5-12(10)9-18-13-4-2-3-11(7-15)14(13)16/h2-6,8,18H,9,16H2,1H3. The van der Waals surface area contributed by atoms with E-state index in [-0.39, 0.29) is 0 Å². The van der Waals surface area contributed by atoms with Crippen molar-refractivity contribution in [3.05, 3.63) is 53.3 Å². The highest BCUT2D eigenvalue weighted by Crippen LogP contribution is 2.22. The quantitative estimate of drug-likeness (QED) is 0.805. The van der Waals surface area contributed by atoms with Crippen LogP contribution in [0.15, 0.2) is 36.7 Å². The summed E-state index contributed by atoms with van der Waals surface area (Å²) in [6.45, 7) is 2.67. The number of nitrogens with one attached hydrogen (secondary N) is 1. The molecule has 0 aliphatic carbocycles. The highest BCUT2D eigenvalue weighted by atomic mass is 14.9. The van der Waals surface area contributed by atoms with Gasteiger partial charge in [-0.2, -0.15) is 5.26 Å². The zero-order valence-electron chi connectivity index (χ0n) is 10.1. The van der Waals surface area contributed by atoms with Gasteiger partial charge in [0.25, 0.3) is 0 Å². The molecule has 1 aromatic carbocycles. The van der Waals surface area contributed by atoms with Gasteiger partial charge in [-0.1, -0.05) is 6.07 Å². The van der Waals surface area contributed by atoms with E-state index in [0.717, 1.165) is 16.8 Å². The van der Waals surface area contributed by atoms with Gasteiger partial charge in [0, 0.05) is 18.9 Å². The normalized spacial score (nSPS) is 9.78. The monoisotopic (exact) mass is 238 g/mol. The topological polar surface area (TPSA) is 74.7 Å². The van der Waals surface area contributed by atoms with Crippen molar-refractivity contribution >= 4 is 11.4 Å². The average Bonchev–Trinajstić information content (AvgIpc) is 2.39. The fraction of sp³-hybridized carbons (Fsp3) is 0.143. The zero-order chi connectivity index (χ0) is 13.0. The molecule has 0 aliphatic heterocycles. The molecule has 2 aromatic rings. The number of anilines is 2. The van der Waals surface area contributed by atoms with E-state index in [1.165, 1.54) is 0 Å². The van der Waals surface area contributed by atoms with Crippen molar-refractivity contribution in [2.24, 2.45) is 0 Å². The Morgan fingerprint density at radius 3 is 2.94 bits per heavy atom. The summed E-state index contributed by atoms with van der Waals surface area (Å²) < 4.78 is 0. The largest absolute Gasteiger partial charge is 0.396 e. The maximum atomic E-state index is 8.91. The van der Waals surface area contributed by atoms with Crippen molar-refractivity contribution in [3.8, 4) is 6.07 Å². The third-order valence-electron chi connectivity index (χ3n) is 2.83. The average molecular weight is 238 g/mol. The second-order valence-electron chi connectivity index (χ2n) is 4.03. The summed E-state index contributed by atoms with van der Waals surface area (Å²) in [6.07, 6.45) is 3.59. The van der Waals surface area contributed by atoms with Crippen LogP contribution in [-0.4, -0.2) is 4.98 Å². The van der Waals surface area contributed by atoms with E-state index in [0.29, 0.717) is 17.8 Å². The number of aryl methyl sites for hydroxylation is 1. The molecule has 18 heavy (non-hydrogen) atoms. The number of nitrogen functional groups attached to an aromatic ring is 1. The Hall–Kier alpha value is -2.54. The van der Waals surface area contributed by atoms with Gasteiger partial charge in [0.1, 0.15) is 6.07 Å². The van der Waals surface area contributed by atoms with Crippen molar-refractivity contribution in [2.75, 3.05) is 11.1 Å². The van der Waals surface area contributed by atoms with Crippen molar-refractivity contribution < 1.29 is 0 Å². The Kier molecular flexibility index (Phi) is 3.44. The number of hydrogen-bond acceptors (Lipinski definition) is 4. The first kappa shape index (κ1) is 11.9. The molecule has 3 N–H and O–H groups in total. The summed E-state index contributed by atoms with van der Waals surface area (Å²) in [4.78, 5) is 4.05.